The lowest BCUT2D eigenvalue weighted by Gasteiger charge is -2.31. The van der Waals surface area contributed by atoms with Crippen molar-refractivity contribution < 1.29 is 4.79 Å². The molecule has 6 nitrogen and oxygen atoms in total. The van der Waals surface area contributed by atoms with Crippen molar-refractivity contribution in [3.05, 3.63) is 33.2 Å². The number of aromatic nitrogens is 3. The smallest absolute Gasteiger partial charge is 0.291 e. The average molecular weight is 358 g/mol. The van der Waals surface area contributed by atoms with Gasteiger partial charge in [-0.25, -0.2) is 4.68 Å². The van der Waals surface area contributed by atoms with Crippen molar-refractivity contribution in [1.82, 2.24) is 19.1 Å². The summed E-state index contributed by atoms with van der Waals surface area (Å²) in [4.78, 5) is 28.5. The Kier molecular flexibility index (Phi) is 3.91. The molecule has 1 aliphatic heterocycles. The van der Waals surface area contributed by atoms with Gasteiger partial charge in [0.25, 0.3) is 5.56 Å². The van der Waals surface area contributed by atoms with Crippen LogP contribution in [-0.2, 0) is 11.3 Å². The van der Waals surface area contributed by atoms with Crippen molar-refractivity contribution in [2.24, 2.45) is 5.92 Å². The minimum atomic E-state index is -0.204. The highest BCUT2D eigenvalue weighted by Crippen LogP contribution is 2.28. The summed E-state index contributed by atoms with van der Waals surface area (Å²) in [5.74, 6) is 1.23. The van der Waals surface area contributed by atoms with E-state index in [1.165, 1.54) is 9.56 Å². The molecule has 7 heteroatoms. The van der Waals surface area contributed by atoms with Crippen molar-refractivity contribution >= 4 is 33.0 Å². The molecule has 0 saturated carbocycles. The van der Waals surface area contributed by atoms with E-state index in [-0.39, 0.29) is 18.0 Å². The number of rotatable bonds is 2. The molecule has 25 heavy (non-hydrogen) atoms. The fourth-order valence-corrected chi connectivity index (χ4v) is 4.71. The zero-order chi connectivity index (χ0) is 17.7. The second-order valence-electron chi connectivity index (χ2n) is 7.07. The number of carbonyl (C=O) groups excluding carboxylic acids is 1. The third kappa shape index (κ3) is 2.76. The van der Waals surface area contributed by atoms with Crippen LogP contribution in [0.3, 0.4) is 0 Å². The Morgan fingerprint density at radius 2 is 2.12 bits per heavy atom. The standard InChI is InChI=1S/C18H22N4O2S/c1-11-5-4-6-20(9-11)17(23)10-21-18(24)15-8-16-14(7-12(2)25-16)22(15)13(3)19-21/h7-8,11H,4-6,9-10H2,1-3H3. The van der Waals surface area contributed by atoms with Gasteiger partial charge in [-0.05, 0) is 44.7 Å². The lowest BCUT2D eigenvalue weighted by Crippen LogP contribution is -2.42. The number of fused-ring (bicyclic) bond motifs is 3. The summed E-state index contributed by atoms with van der Waals surface area (Å²) in [6.07, 6.45) is 2.19. The maximum Gasteiger partial charge on any atom is 0.291 e. The molecule has 0 N–H and O–H groups in total. The molecule has 3 aromatic heterocycles. The molecule has 3 aromatic rings. The van der Waals surface area contributed by atoms with Gasteiger partial charge in [-0.15, -0.1) is 11.3 Å². The first-order valence-electron chi connectivity index (χ1n) is 8.71. The lowest BCUT2D eigenvalue weighted by atomic mass is 10.0. The van der Waals surface area contributed by atoms with E-state index in [4.69, 9.17) is 0 Å². The molecule has 4 heterocycles. The summed E-state index contributed by atoms with van der Waals surface area (Å²) < 4.78 is 4.29. The van der Waals surface area contributed by atoms with Crippen LogP contribution in [0.4, 0.5) is 0 Å². The first-order valence-corrected chi connectivity index (χ1v) is 9.53. The first kappa shape index (κ1) is 16.3. The number of piperidine rings is 1. The van der Waals surface area contributed by atoms with Gasteiger partial charge in [-0.3, -0.25) is 14.0 Å². The highest BCUT2D eigenvalue weighted by Gasteiger charge is 2.22. The number of carbonyl (C=O) groups is 1. The fourth-order valence-electron chi connectivity index (χ4n) is 3.77. The number of hydrogen-bond donors (Lipinski definition) is 0. The lowest BCUT2D eigenvalue weighted by molar-refractivity contribution is -0.133. The van der Waals surface area contributed by atoms with Crippen molar-refractivity contribution in [1.29, 1.82) is 0 Å². The largest absolute Gasteiger partial charge is 0.341 e. The maximum absolute atomic E-state index is 12.8. The molecule has 1 amide bonds. The highest BCUT2D eigenvalue weighted by molar-refractivity contribution is 7.19. The Balaban J connectivity index is 1.71. The normalized spacial score (nSPS) is 18.4. The second-order valence-corrected chi connectivity index (χ2v) is 8.36. The molecular formula is C18H22N4O2S. The Morgan fingerprint density at radius 1 is 1.32 bits per heavy atom. The average Bonchev–Trinajstić information content (AvgIpc) is 3.08. The van der Waals surface area contributed by atoms with Gasteiger partial charge >= 0.3 is 0 Å². The van der Waals surface area contributed by atoms with Gasteiger partial charge in [-0.2, -0.15) is 5.10 Å². The summed E-state index contributed by atoms with van der Waals surface area (Å²) in [6, 6.07) is 3.99. The van der Waals surface area contributed by atoms with Gasteiger partial charge in [0.2, 0.25) is 5.91 Å². The van der Waals surface area contributed by atoms with E-state index in [1.807, 2.05) is 22.3 Å². The predicted octanol–water partition coefficient (Wildman–Crippen LogP) is 2.59. The van der Waals surface area contributed by atoms with Crippen LogP contribution in [-0.4, -0.2) is 38.1 Å². The highest BCUT2D eigenvalue weighted by atomic mass is 32.1. The molecule has 1 aliphatic rings. The van der Waals surface area contributed by atoms with E-state index < -0.39 is 0 Å². The zero-order valence-electron chi connectivity index (χ0n) is 14.8. The van der Waals surface area contributed by atoms with Crippen LogP contribution in [0.1, 0.15) is 30.5 Å². The first-order chi connectivity index (χ1) is 11.9. The molecule has 0 radical (unpaired) electrons. The van der Waals surface area contributed by atoms with Crippen LogP contribution in [0.15, 0.2) is 16.9 Å². The number of likely N-dealkylation sites (tertiary alicyclic amines) is 1. The Hall–Kier alpha value is -2.15. The van der Waals surface area contributed by atoms with Gasteiger partial charge in [-0.1, -0.05) is 6.92 Å². The summed E-state index contributed by atoms with van der Waals surface area (Å²) >= 11 is 1.67. The minimum Gasteiger partial charge on any atom is -0.341 e. The number of amides is 1. The van der Waals surface area contributed by atoms with Crippen LogP contribution in [0.2, 0.25) is 0 Å². The van der Waals surface area contributed by atoms with Crippen molar-refractivity contribution in [2.45, 2.75) is 40.2 Å². The topological polar surface area (TPSA) is 59.6 Å². The van der Waals surface area contributed by atoms with E-state index in [2.05, 4.69) is 25.0 Å². The monoisotopic (exact) mass is 358 g/mol. The van der Waals surface area contributed by atoms with Crippen LogP contribution in [0, 0.1) is 19.8 Å². The Labute approximate surface area is 149 Å². The van der Waals surface area contributed by atoms with Gasteiger partial charge in [0.1, 0.15) is 17.9 Å². The van der Waals surface area contributed by atoms with Crippen LogP contribution in [0.25, 0.3) is 15.7 Å². The molecule has 1 unspecified atom stereocenters. The van der Waals surface area contributed by atoms with Gasteiger partial charge in [0.15, 0.2) is 0 Å². The molecule has 1 saturated heterocycles. The van der Waals surface area contributed by atoms with Crippen molar-refractivity contribution in [3.63, 3.8) is 0 Å². The molecule has 0 aromatic carbocycles. The van der Waals surface area contributed by atoms with Crippen LogP contribution >= 0.6 is 11.3 Å². The molecular weight excluding hydrogens is 336 g/mol. The molecule has 0 spiro atoms. The molecule has 4 rings (SSSR count). The van der Waals surface area contributed by atoms with Gasteiger partial charge < -0.3 is 4.90 Å². The third-order valence-electron chi connectivity index (χ3n) is 4.95. The maximum atomic E-state index is 12.8. The van der Waals surface area contributed by atoms with E-state index in [0.29, 0.717) is 11.4 Å². The third-order valence-corrected chi connectivity index (χ3v) is 5.94. The van der Waals surface area contributed by atoms with E-state index in [0.717, 1.165) is 42.0 Å². The predicted molar refractivity (Wildman–Crippen MR) is 99.3 cm³/mol. The fraction of sp³-hybridized carbons (Fsp3) is 0.500. The van der Waals surface area contributed by atoms with Crippen LogP contribution < -0.4 is 5.56 Å². The Bertz CT molecular complexity index is 1030. The van der Waals surface area contributed by atoms with Crippen molar-refractivity contribution in [3.8, 4) is 0 Å². The van der Waals surface area contributed by atoms with Crippen molar-refractivity contribution in [2.75, 3.05) is 13.1 Å². The molecule has 0 aliphatic carbocycles. The second kappa shape index (κ2) is 5.98. The summed E-state index contributed by atoms with van der Waals surface area (Å²) in [5.41, 5.74) is 1.40. The molecule has 0 bridgehead atoms. The zero-order valence-corrected chi connectivity index (χ0v) is 15.6. The summed E-state index contributed by atoms with van der Waals surface area (Å²) in [5, 5.41) is 4.41. The van der Waals surface area contributed by atoms with Gasteiger partial charge in [0, 0.05) is 18.0 Å². The SMILES string of the molecule is Cc1cc2c(cc3c(=O)n(CC(=O)N4CCCC(C)C4)nc(C)n32)s1. The molecule has 1 atom stereocenters. The van der Waals surface area contributed by atoms with E-state index >= 15 is 0 Å². The number of aryl methyl sites for hydroxylation is 2. The number of nitrogens with zero attached hydrogens (tertiary/aromatic N) is 4. The summed E-state index contributed by atoms with van der Waals surface area (Å²) in [6.45, 7) is 7.66. The minimum absolute atomic E-state index is 0.0146. The number of thiophene rings is 1. The van der Waals surface area contributed by atoms with E-state index in [1.54, 1.807) is 11.3 Å². The number of hydrogen-bond acceptors (Lipinski definition) is 4. The Morgan fingerprint density at radius 3 is 2.88 bits per heavy atom. The summed E-state index contributed by atoms with van der Waals surface area (Å²) in [7, 11) is 0. The van der Waals surface area contributed by atoms with E-state index in [9.17, 15) is 9.59 Å². The van der Waals surface area contributed by atoms with Crippen LogP contribution in [0.5, 0.6) is 0 Å². The quantitative estimate of drug-likeness (QED) is 0.707. The molecule has 132 valence electrons. The van der Waals surface area contributed by atoms with Gasteiger partial charge in [0.05, 0.1) is 10.2 Å². The molecule has 1 fully saturated rings.